The summed E-state index contributed by atoms with van der Waals surface area (Å²) in [6, 6.07) is 4.55. The van der Waals surface area contributed by atoms with E-state index in [-0.39, 0.29) is 17.2 Å². The Hall–Kier alpha value is -0.590. The van der Waals surface area contributed by atoms with Gasteiger partial charge in [-0.2, -0.15) is 0 Å². The van der Waals surface area contributed by atoms with Crippen LogP contribution >= 0.6 is 27.3 Å². The summed E-state index contributed by atoms with van der Waals surface area (Å²) >= 11 is 5.26. The lowest BCUT2D eigenvalue weighted by Gasteiger charge is -2.59. The third-order valence-corrected chi connectivity index (χ3v) is 8.92. The first-order chi connectivity index (χ1) is 12.0. The monoisotopic (exact) mass is 424 g/mol. The standard InChI is InChI=1S/C19H25BrN2O2S/c1-24-18-8-11-6-12(9-18)16(13(7-11)10-18)21-17(23)22-19(4-5-19)14-2-3-15(20)25-14/h2-3,11-13,16H,4-10H2,1H3,(H2,21,22,23). The number of carbonyl (C=O) groups is 1. The number of urea groups is 1. The average Bonchev–Trinajstić information content (AvgIpc) is 3.21. The Morgan fingerprint density at radius 2 is 1.96 bits per heavy atom. The molecule has 2 unspecified atom stereocenters. The average molecular weight is 425 g/mol. The number of hydrogen-bond donors (Lipinski definition) is 2. The zero-order valence-corrected chi connectivity index (χ0v) is 16.9. The van der Waals surface area contributed by atoms with E-state index in [9.17, 15) is 4.79 Å². The molecule has 6 heteroatoms. The molecule has 1 aromatic rings. The lowest BCUT2D eigenvalue weighted by Crippen LogP contribution is -2.63. The van der Waals surface area contributed by atoms with Gasteiger partial charge in [-0.05, 0) is 90.8 Å². The fourth-order valence-corrected chi connectivity index (χ4v) is 7.56. The molecule has 2 atom stereocenters. The van der Waals surface area contributed by atoms with Gasteiger partial charge in [0.2, 0.25) is 0 Å². The maximum atomic E-state index is 12.8. The van der Waals surface area contributed by atoms with Gasteiger partial charge >= 0.3 is 6.03 Å². The summed E-state index contributed by atoms with van der Waals surface area (Å²) in [5.41, 5.74) is -0.0213. The molecule has 6 rings (SSSR count). The number of rotatable bonds is 4. The Labute approximate surface area is 161 Å². The molecule has 4 nitrogen and oxygen atoms in total. The van der Waals surface area contributed by atoms with E-state index < -0.39 is 0 Å². The molecule has 5 saturated carbocycles. The largest absolute Gasteiger partial charge is 0.378 e. The first kappa shape index (κ1) is 16.6. The molecule has 0 radical (unpaired) electrons. The van der Waals surface area contributed by atoms with Crippen molar-refractivity contribution in [1.82, 2.24) is 10.6 Å². The lowest BCUT2D eigenvalue weighted by molar-refractivity contribution is -0.155. The number of thiophene rings is 1. The van der Waals surface area contributed by atoms with Gasteiger partial charge in [-0.25, -0.2) is 4.79 Å². The van der Waals surface area contributed by atoms with Gasteiger partial charge in [-0.1, -0.05) is 0 Å². The molecule has 1 heterocycles. The summed E-state index contributed by atoms with van der Waals surface area (Å²) in [6.07, 6.45) is 8.06. The lowest BCUT2D eigenvalue weighted by atomic mass is 9.52. The van der Waals surface area contributed by atoms with Crippen molar-refractivity contribution in [1.29, 1.82) is 0 Å². The van der Waals surface area contributed by atoms with Crippen LogP contribution in [0.25, 0.3) is 0 Å². The summed E-state index contributed by atoms with van der Waals surface area (Å²) in [7, 11) is 1.87. The fourth-order valence-electron chi connectivity index (χ4n) is 5.97. The van der Waals surface area contributed by atoms with Gasteiger partial charge in [0.05, 0.1) is 14.9 Å². The van der Waals surface area contributed by atoms with Crippen LogP contribution in [0.3, 0.4) is 0 Å². The Balaban J connectivity index is 1.26. The van der Waals surface area contributed by atoms with Crippen molar-refractivity contribution in [2.24, 2.45) is 17.8 Å². The molecular formula is C19H25BrN2O2S. The van der Waals surface area contributed by atoms with E-state index in [1.54, 1.807) is 11.3 Å². The van der Waals surface area contributed by atoms with Gasteiger partial charge in [-0.3, -0.25) is 0 Å². The SMILES string of the molecule is COC12CC3CC(C1)C(NC(=O)NC1(c4ccc(Br)s4)CC1)C(C3)C2. The fraction of sp³-hybridized carbons (Fsp3) is 0.737. The molecule has 0 spiro atoms. The van der Waals surface area contributed by atoms with Gasteiger partial charge in [-0.15, -0.1) is 11.3 Å². The molecule has 1 aromatic heterocycles. The summed E-state index contributed by atoms with van der Waals surface area (Å²) in [5, 5.41) is 6.65. The van der Waals surface area contributed by atoms with Gasteiger partial charge in [0.1, 0.15) is 0 Å². The molecule has 5 fully saturated rings. The molecule has 0 aliphatic heterocycles. The molecule has 2 amide bonds. The van der Waals surface area contributed by atoms with Crippen molar-refractivity contribution in [3.8, 4) is 0 Å². The van der Waals surface area contributed by atoms with E-state index in [1.165, 1.54) is 24.1 Å². The van der Waals surface area contributed by atoms with Crippen molar-refractivity contribution in [3.63, 3.8) is 0 Å². The molecule has 4 bridgehead atoms. The van der Waals surface area contributed by atoms with Crippen LogP contribution in [0.2, 0.25) is 0 Å². The van der Waals surface area contributed by atoms with Gasteiger partial charge in [0, 0.05) is 18.0 Å². The summed E-state index contributed by atoms with van der Waals surface area (Å²) in [6.45, 7) is 0. The highest BCUT2D eigenvalue weighted by atomic mass is 79.9. The number of hydrogen-bond acceptors (Lipinski definition) is 3. The van der Waals surface area contributed by atoms with Crippen molar-refractivity contribution < 1.29 is 9.53 Å². The van der Waals surface area contributed by atoms with Crippen molar-refractivity contribution in [2.75, 3.05) is 7.11 Å². The number of ether oxygens (including phenoxy) is 1. The second-order valence-corrected chi connectivity index (χ2v) is 11.1. The van der Waals surface area contributed by atoms with E-state index >= 15 is 0 Å². The van der Waals surface area contributed by atoms with Crippen molar-refractivity contribution in [3.05, 3.63) is 20.8 Å². The highest BCUT2D eigenvalue weighted by Gasteiger charge is 2.56. The smallest absolute Gasteiger partial charge is 0.315 e. The van der Waals surface area contributed by atoms with Crippen LogP contribution in [-0.4, -0.2) is 24.8 Å². The first-order valence-corrected chi connectivity index (χ1v) is 11.0. The van der Waals surface area contributed by atoms with Gasteiger partial charge in [0.25, 0.3) is 0 Å². The Kier molecular flexibility index (Phi) is 3.78. The third kappa shape index (κ3) is 2.76. The second-order valence-electron chi connectivity index (χ2n) is 8.67. The van der Waals surface area contributed by atoms with E-state index in [1.807, 2.05) is 7.11 Å². The van der Waals surface area contributed by atoms with Crippen molar-refractivity contribution >= 4 is 33.3 Å². The Bertz CT molecular complexity index is 685. The summed E-state index contributed by atoms with van der Waals surface area (Å²) < 4.78 is 7.05. The number of carbonyl (C=O) groups excluding carboxylic acids is 1. The molecular weight excluding hydrogens is 400 g/mol. The van der Waals surface area contributed by atoms with Crippen LogP contribution in [0.15, 0.2) is 15.9 Å². The zero-order chi connectivity index (χ0) is 17.2. The molecule has 5 aliphatic rings. The van der Waals surface area contributed by atoms with E-state index in [4.69, 9.17) is 4.74 Å². The number of halogens is 1. The zero-order valence-electron chi connectivity index (χ0n) is 14.5. The maximum absolute atomic E-state index is 12.8. The predicted octanol–water partition coefficient (Wildman–Crippen LogP) is 4.39. The van der Waals surface area contributed by atoms with Crippen LogP contribution < -0.4 is 10.6 Å². The minimum atomic E-state index is -0.125. The number of methoxy groups -OCH3 is 1. The first-order valence-electron chi connectivity index (χ1n) is 9.41. The molecule has 5 aliphatic carbocycles. The molecule has 2 N–H and O–H groups in total. The quantitative estimate of drug-likeness (QED) is 0.752. The molecule has 136 valence electrons. The third-order valence-electron chi connectivity index (χ3n) is 7.10. The summed E-state index contributed by atoms with van der Waals surface area (Å²) in [4.78, 5) is 14.0. The Morgan fingerprint density at radius 1 is 1.24 bits per heavy atom. The van der Waals surface area contributed by atoms with Crippen LogP contribution in [0, 0.1) is 17.8 Å². The highest BCUT2D eigenvalue weighted by Crippen LogP contribution is 2.57. The summed E-state index contributed by atoms with van der Waals surface area (Å²) in [5.74, 6) is 1.97. The minimum Gasteiger partial charge on any atom is -0.378 e. The van der Waals surface area contributed by atoms with Crippen molar-refractivity contribution in [2.45, 2.75) is 62.1 Å². The van der Waals surface area contributed by atoms with E-state index in [2.05, 4.69) is 38.7 Å². The van der Waals surface area contributed by atoms with Crippen LogP contribution in [-0.2, 0) is 10.3 Å². The normalized spacial score (nSPS) is 40.1. The molecule has 25 heavy (non-hydrogen) atoms. The van der Waals surface area contributed by atoms with Gasteiger partial charge < -0.3 is 15.4 Å². The topological polar surface area (TPSA) is 50.4 Å². The van der Waals surface area contributed by atoms with Crippen LogP contribution in [0.5, 0.6) is 0 Å². The Morgan fingerprint density at radius 3 is 2.52 bits per heavy atom. The second kappa shape index (κ2) is 5.70. The van der Waals surface area contributed by atoms with Gasteiger partial charge in [0.15, 0.2) is 0 Å². The molecule has 0 aromatic carbocycles. The highest BCUT2D eigenvalue weighted by molar-refractivity contribution is 9.11. The number of amides is 2. The molecule has 0 saturated heterocycles. The van der Waals surface area contributed by atoms with Crippen LogP contribution in [0.1, 0.15) is 49.8 Å². The predicted molar refractivity (Wildman–Crippen MR) is 102 cm³/mol. The minimum absolute atomic E-state index is 0.0194. The maximum Gasteiger partial charge on any atom is 0.315 e. The van der Waals surface area contributed by atoms with E-state index in [0.29, 0.717) is 17.9 Å². The number of nitrogens with one attached hydrogen (secondary N) is 2. The van der Waals surface area contributed by atoms with Crippen LogP contribution in [0.4, 0.5) is 4.79 Å². The van der Waals surface area contributed by atoms with E-state index in [0.717, 1.165) is 35.4 Å².